The first-order chi connectivity index (χ1) is 12.1. The van der Waals surface area contributed by atoms with E-state index in [-0.39, 0.29) is 42.8 Å². The Balaban J connectivity index is 0.00000338. The van der Waals surface area contributed by atoms with E-state index in [1.165, 1.54) is 0 Å². The number of pyridine rings is 1. The highest BCUT2D eigenvalue weighted by Gasteiger charge is 2.27. The van der Waals surface area contributed by atoms with E-state index in [4.69, 9.17) is 5.73 Å². The van der Waals surface area contributed by atoms with Crippen LogP contribution in [-0.2, 0) is 11.3 Å². The van der Waals surface area contributed by atoms with Gasteiger partial charge in [-0.2, -0.15) is 0 Å². The molecule has 0 aliphatic heterocycles. The second-order valence-electron chi connectivity index (χ2n) is 6.29. The summed E-state index contributed by atoms with van der Waals surface area (Å²) in [6, 6.07) is 13.9. The van der Waals surface area contributed by atoms with Gasteiger partial charge in [0, 0.05) is 31.2 Å². The molecule has 0 fully saturated rings. The highest BCUT2D eigenvalue weighted by molar-refractivity contribution is 5.85. The van der Waals surface area contributed by atoms with Crippen molar-refractivity contribution < 1.29 is 4.79 Å². The zero-order valence-electron chi connectivity index (χ0n) is 15.9. The van der Waals surface area contributed by atoms with E-state index < -0.39 is 0 Å². The van der Waals surface area contributed by atoms with E-state index in [0.29, 0.717) is 13.1 Å². The lowest BCUT2D eigenvalue weighted by Gasteiger charge is -2.33. The summed E-state index contributed by atoms with van der Waals surface area (Å²) in [5, 5.41) is 3.14. The highest BCUT2D eigenvalue weighted by Crippen LogP contribution is 2.17. The minimum atomic E-state index is -0.326. The summed E-state index contributed by atoms with van der Waals surface area (Å²) < 4.78 is 0. The number of amides is 1. The van der Waals surface area contributed by atoms with Crippen molar-refractivity contribution in [3.63, 3.8) is 0 Å². The maximum absolute atomic E-state index is 12.7. The predicted molar refractivity (Wildman–Crippen MR) is 117 cm³/mol. The molecule has 27 heavy (non-hydrogen) atoms. The lowest BCUT2D eigenvalue weighted by Crippen LogP contribution is -2.55. The molecule has 150 valence electrons. The van der Waals surface area contributed by atoms with Crippen LogP contribution in [0.4, 0.5) is 5.69 Å². The van der Waals surface area contributed by atoms with E-state index >= 15 is 0 Å². The number of aromatic nitrogens is 1. The molecule has 1 amide bonds. The largest absolute Gasteiger partial charge is 0.358 e. The zero-order chi connectivity index (χ0) is 18.1. The fraction of sp³-hybridized carbons (Fsp3) is 0.400. The number of benzene rings is 1. The van der Waals surface area contributed by atoms with Crippen LogP contribution in [0, 0.1) is 0 Å². The molecule has 0 bridgehead atoms. The van der Waals surface area contributed by atoms with Crippen LogP contribution >= 0.6 is 24.8 Å². The molecule has 0 saturated heterocycles. The molecule has 2 aromatic rings. The number of carbonyl (C=O) groups excluding carboxylic acids is 1. The smallest absolute Gasteiger partial charge is 0.240 e. The minimum absolute atomic E-state index is 0. The van der Waals surface area contributed by atoms with Crippen molar-refractivity contribution in [2.45, 2.75) is 38.8 Å². The van der Waals surface area contributed by atoms with Crippen molar-refractivity contribution in [2.75, 3.05) is 18.0 Å². The Kier molecular flexibility index (Phi) is 11.7. The third-order valence-corrected chi connectivity index (χ3v) is 4.70. The lowest BCUT2D eigenvalue weighted by atomic mass is 9.93. The molecule has 0 spiro atoms. The Morgan fingerprint density at radius 3 is 2.30 bits per heavy atom. The van der Waals surface area contributed by atoms with Crippen molar-refractivity contribution in [1.82, 2.24) is 10.3 Å². The number of nitrogens with two attached hydrogens (primary N) is 1. The first-order valence-electron chi connectivity index (χ1n) is 8.82. The number of nitrogens with one attached hydrogen (secondary N) is 1. The first-order valence-corrected chi connectivity index (χ1v) is 8.82. The number of hydrogen-bond donors (Lipinski definition) is 2. The fourth-order valence-corrected chi connectivity index (χ4v) is 2.86. The van der Waals surface area contributed by atoms with Crippen molar-refractivity contribution in [2.24, 2.45) is 5.73 Å². The minimum Gasteiger partial charge on any atom is -0.358 e. The van der Waals surface area contributed by atoms with Crippen molar-refractivity contribution in [3.8, 4) is 0 Å². The molecular formula is C20H30Cl2N4O. The third-order valence-electron chi connectivity index (χ3n) is 4.70. The molecular weight excluding hydrogens is 383 g/mol. The van der Waals surface area contributed by atoms with Crippen molar-refractivity contribution >= 4 is 36.4 Å². The summed E-state index contributed by atoms with van der Waals surface area (Å²) in [5.41, 5.74) is 7.65. The summed E-state index contributed by atoms with van der Waals surface area (Å²) in [5.74, 6) is -0.0121. The number of anilines is 1. The summed E-state index contributed by atoms with van der Waals surface area (Å²) in [6.45, 7) is 5.46. The van der Waals surface area contributed by atoms with Crippen LogP contribution in [0.1, 0.15) is 32.3 Å². The highest BCUT2D eigenvalue weighted by atomic mass is 35.5. The molecule has 0 radical (unpaired) electrons. The Labute approximate surface area is 174 Å². The molecule has 7 heteroatoms. The van der Waals surface area contributed by atoms with Gasteiger partial charge in [-0.3, -0.25) is 9.78 Å². The first kappa shape index (κ1) is 25.2. The van der Waals surface area contributed by atoms with Gasteiger partial charge in [-0.25, -0.2) is 0 Å². The number of rotatable bonds is 9. The summed E-state index contributed by atoms with van der Waals surface area (Å²) in [6.07, 6.45) is 5.22. The number of para-hydroxylation sites is 1. The molecule has 0 saturated carbocycles. The number of carbonyl (C=O) groups is 1. The second-order valence-corrected chi connectivity index (χ2v) is 6.29. The Morgan fingerprint density at radius 2 is 1.78 bits per heavy atom. The van der Waals surface area contributed by atoms with Gasteiger partial charge in [-0.1, -0.05) is 38.1 Å². The van der Waals surface area contributed by atoms with Crippen LogP contribution in [-0.4, -0.2) is 29.5 Å². The van der Waals surface area contributed by atoms with Crippen LogP contribution in [0.5, 0.6) is 0 Å². The van der Waals surface area contributed by atoms with Crippen LogP contribution in [0.25, 0.3) is 0 Å². The summed E-state index contributed by atoms with van der Waals surface area (Å²) >= 11 is 0. The topological polar surface area (TPSA) is 71.2 Å². The van der Waals surface area contributed by atoms with Crippen LogP contribution in [0.2, 0.25) is 0 Å². The molecule has 0 atom stereocenters. The van der Waals surface area contributed by atoms with Crippen LogP contribution < -0.4 is 16.0 Å². The molecule has 1 aromatic heterocycles. The van der Waals surface area contributed by atoms with Crippen LogP contribution in [0.15, 0.2) is 54.9 Å². The average molecular weight is 413 g/mol. The normalized spacial score (nSPS) is 10.3. The third kappa shape index (κ3) is 7.37. The average Bonchev–Trinajstić information content (AvgIpc) is 2.67. The number of halogens is 2. The summed E-state index contributed by atoms with van der Waals surface area (Å²) in [4.78, 5) is 18.9. The van der Waals surface area contributed by atoms with Gasteiger partial charge >= 0.3 is 0 Å². The van der Waals surface area contributed by atoms with E-state index in [1.807, 2.05) is 48.7 Å². The van der Waals surface area contributed by atoms with E-state index in [1.54, 1.807) is 6.20 Å². The molecule has 0 aliphatic rings. The Hall–Kier alpha value is -1.82. The van der Waals surface area contributed by atoms with E-state index in [9.17, 15) is 4.79 Å². The molecule has 1 aromatic carbocycles. The van der Waals surface area contributed by atoms with Crippen molar-refractivity contribution in [3.05, 3.63) is 60.4 Å². The zero-order valence-corrected chi connectivity index (χ0v) is 17.6. The maximum atomic E-state index is 12.7. The molecule has 5 nitrogen and oxygen atoms in total. The standard InChI is InChI=1S/C20H28N4O.2ClH/c1-3-20(4-2,16-21)23-19(25)15-24(18-10-6-5-7-11-18)14-17-9-8-12-22-13-17;;/h5-13H,3-4,14-16,21H2,1-2H3,(H,23,25);2*1H. The Bertz CT molecular complexity index is 643. The van der Waals surface area contributed by atoms with Gasteiger partial charge in [-0.15, -0.1) is 24.8 Å². The van der Waals surface area contributed by atoms with E-state index in [0.717, 1.165) is 24.1 Å². The molecule has 0 aliphatic carbocycles. The van der Waals surface area contributed by atoms with Crippen molar-refractivity contribution in [1.29, 1.82) is 0 Å². The van der Waals surface area contributed by atoms with Gasteiger partial charge < -0.3 is 16.0 Å². The quantitative estimate of drug-likeness (QED) is 0.660. The van der Waals surface area contributed by atoms with Gasteiger partial charge in [0.2, 0.25) is 5.91 Å². The molecule has 2 rings (SSSR count). The van der Waals surface area contributed by atoms with E-state index in [2.05, 4.69) is 29.0 Å². The summed E-state index contributed by atoms with van der Waals surface area (Å²) in [7, 11) is 0. The predicted octanol–water partition coefficient (Wildman–Crippen LogP) is 3.57. The number of nitrogens with zero attached hydrogens (tertiary/aromatic N) is 2. The molecule has 1 heterocycles. The second kappa shape index (κ2) is 12.5. The number of hydrogen-bond acceptors (Lipinski definition) is 4. The van der Waals surface area contributed by atoms with Gasteiger partial charge in [0.25, 0.3) is 0 Å². The molecule has 0 unspecified atom stereocenters. The maximum Gasteiger partial charge on any atom is 0.240 e. The lowest BCUT2D eigenvalue weighted by molar-refractivity contribution is -0.121. The molecule has 3 N–H and O–H groups in total. The Morgan fingerprint density at radius 1 is 1.11 bits per heavy atom. The SMILES string of the molecule is CCC(CC)(CN)NC(=O)CN(Cc1cccnc1)c1ccccc1.Cl.Cl. The van der Waals surface area contributed by atoms with Gasteiger partial charge in [0.15, 0.2) is 0 Å². The fourth-order valence-electron chi connectivity index (χ4n) is 2.86. The van der Waals surface area contributed by atoms with Crippen LogP contribution in [0.3, 0.4) is 0 Å². The van der Waals surface area contributed by atoms with Gasteiger partial charge in [0.1, 0.15) is 0 Å². The van der Waals surface area contributed by atoms with Gasteiger partial charge in [0.05, 0.1) is 12.1 Å². The van der Waals surface area contributed by atoms with Gasteiger partial charge in [-0.05, 0) is 36.6 Å². The monoisotopic (exact) mass is 412 g/mol.